The van der Waals surface area contributed by atoms with Crippen LogP contribution in [0.3, 0.4) is 0 Å². The van der Waals surface area contributed by atoms with Gasteiger partial charge in [0.1, 0.15) is 5.82 Å². The molecule has 5 heteroatoms. The number of halogens is 2. The molecule has 0 aromatic heterocycles. The van der Waals surface area contributed by atoms with Crippen LogP contribution in [0, 0.1) is 5.82 Å². The minimum Gasteiger partial charge on any atom is -0.334 e. The van der Waals surface area contributed by atoms with E-state index in [-0.39, 0.29) is 17.8 Å². The molecule has 0 saturated carbocycles. The van der Waals surface area contributed by atoms with Crippen molar-refractivity contribution >= 4 is 33.6 Å². The van der Waals surface area contributed by atoms with Crippen LogP contribution in [0.2, 0.25) is 0 Å². The van der Waals surface area contributed by atoms with E-state index >= 15 is 0 Å². The number of amides is 1. The molecule has 1 fully saturated rings. The number of carbonyl (C=O) groups excluding carboxylic acids is 1. The SMILES string of the molecule is CC1CSCCN1C(=O)c1ccc(F)cc1Br. The molecule has 92 valence electrons. The molecule has 1 amide bonds. The summed E-state index contributed by atoms with van der Waals surface area (Å²) in [7, 11) is 0. The van der Waals surface area contributed by atoms with E-state index in [1.165, 1.54) is 18.2 Å². The van der Waals surface area contributed by atoms with E-state index in [1.54, 1.807) is 0 Å². The first kappa shape index (κ1) is 12.9. The van der Waals surface area contributed by atoms with Crippen molar-refractivity contribution in [2.75, 3.05) is 18.1 Å². The lowest BCUT2D eigenvalue weighted by Crippen LogP contribution is -2.44. The van der Waals surface area contributed by atoms with Gasteiger partial charge in [-0.2, -0.15) is 11.8 Å². The van der Waals surface area contributed by atoms with Crippen molar-refractivity contribution < 1.29 is 9.18 Å². The molecule has 0 radical (unpaired) electrons. The molecule has 1 atom stereocenters. The number of hydrogen-bond donors (Lipinski definition) is 0. The fraction of sp³-hybridized carbons (Fsp3) is 0.417. The summed E-state index contributed by atoms with van der Waals surface area (Å²) < 4.78 is 13.5. The maximum Gasteiger partial charge on any atom is 0.255 e. The zero-order valence-corrected chi connectivity index (χ0v) is 11.9. The average Bonchev–Trinajstić information content (AvgIpc) is 2.29. The number of hydrogen-bond acceptors (Lipinski definition) is 2. The van der Waals surface area contributed by atoms with Gasteiger partial charge in [0, 0.05) is 28.6 Å². The van der Waals surface area contributed by atoms with Gasteiger partial charge in [-0.1, -0.05) is 0 Å². The quantitative estimate of drug-likeness (QED) is 0.793. The third kappa shape index (κ3) is 2.83. The Bertz CT molecular complexity index is 441. The molecule has 1 aliphatic rings. The van der Waals surface area contributed by atoms with E-state index in [0.717, 1.165) is 18.1 Å². The molecule has 0 N–H and O–H groups in total. The highest BCUT2D eigenvalue weighted by molar-refractivity contribution is 9.10. The van der Waals surface area contributed by atoms with Gasteiger partial charge in [0.15, 0.2) is 0 Å². The summed E-state index contributed by atoms with van der Waals surface area (Å²) in [4.78, 5) is 14.2. The molecule has 17 heavy (non-hydrogen) atoms. The summed E-state index contributed by atoms with van der Waals surface area (Å²) in [6.07, 6.45) is 0. The van der Waals surface area contributed by atoms with Crippen LogP contribution in [0.25, 0.3) is 0 Å². The largest absolute Gasteiger partial charge is 0.334 e. The Morgan fingerprint density at radius 1 is 1.59 bits per heavy atom. The molecule has 1 unspecified atom stereocenters. The summed E-state index contributed by atoms with van der Waals surface area (Å²) in [6.45, 7) is 2.80. The van der Waals surface area contributed by atoms with Crippen LogP contribution in [-0.4, -0.2) is 34.9 Å². The van der Waals surface area contributed by atoms with E-state index in [1.807, 2.05) is 23.6 Å². The van der Waals surface area contributed by atoms with Gasteiger partial charge in [0.25, 0.3) is 5.91 Å². The monoisotopic (exact) mass is 317 g/mol. The van der Waals surface area contributed by atoms with Gasteiger partial charge >= 0.3 is 0 Å². The molecular formula is C12H13BrFNOS. The normalized spacial score (nSPS) is 20.4. The zero-order valence-electron chi connectivity index (χ0n) is 9.45. The van der Waals surface area contributed by atoms with Crippen LogP contribution in [-0.2, 0) is 0 Å². The van der Waals surface area contributed by atoms with Gasteiger partial charge < -0.3 is 4.90 Å². The highest BCUT2D eigenvalue weighted by Gasteiger charge is 2.25. The first-order valence-electron chi connectivity index (χ1n) is 5.43. The van der Waals surface area contributed by atoms with Gasteiger partial charge in [-0.3, -0.25) is 4.79 Å². The molecule has 1 aromatic carbocycles. The molecule has 0 spiro atoms. The number of benzene rings is 1. The van der Waals surface area contributed by atoms with Crippen molar-refractivity contribution in [2.24, 2.45) is 0 Å². The molecule has 0 bridgehead atoms. The maximum absolute atomic E-state index is 13.0. The van der Waals surface area contributed by atoms with E-state index in [0.29, 0.717) is 10.0 Å². The van der Waals surface area contributed by atoms with Crippen molar-refractivity contribution in [3.63, 3.8) is 0 Å². The molecule has 1 heterocycles. The first-order valence-corrected chi connectivity index (χ1v) is 7.38. The zero-order chi connectivity index (χ0) is 12.4. The van der Waals surface area contributed by atoms with Crippen molar-refractivity contribution in [1.29, 1.82) is 0 Å². The average molecular weight is 318 g/mol. The Morgan fingerprint density at radius 2 is 2.35 bits per heavy atom. The molecule has 1 aliphatic heterocycles. The van der Waals surface area contributed by atoms with Crippen LogP contribution in [0.4, 0.5) is 4.39 Å². The second kappa shape index (κ2) is 5.40. The van der Waals surface area contributed by atoms with Crippen LogP contribution in [0.15, 0.2) is 22.7 Å². The third-order valence-corrected chi connectivity index (χ3v) is 4.64. The van der Waals surface area contributed by atoms with Crippen LogP contribution >= 0.6 is 27.7 Å². The first-order chi connectivity index (χ1) is 8.09. The lowest BCUT2D eigenvalue weighted by atomic mass is 10.1. The van der Waals surface area contributed by atoms with Crippen LogP contribution < -0.4 is 0 Å². The fourth-order valence-electron chi connectivity index (χ4n) is 1.85. The Balaban J connectivity index is 2.24. The minimum atomic E-state index is -0.337. The van der Waals surface area contributed by atoms with E-state index in [2.05, 4.69) is 15.9 Å². The number of carbonyl (C=O) groups is 1. The van der Waals surface area contributed by atoms with Crippen LogP contribution in [0.1, 0.15) is 17.3 Å². The molecule has 1 saturated heterocycles. The maximum atomic E-state index is 13.0. The van der Waals surface area contributed by atoms with Gasteiger partial charge in [0.05, 0.1) is 5.56 Å². The van der Waals surface area contributed by atoms with Crippen molar-refractivity contribution in [3.8, 4) is 0 Å². The lowest BCUT2D eigenvalue weighted by molar-refractivity contribution is 0.0715. The number of thioether (sulfide) groups is 1. The summed E-state index contributed by atoms with van der Waals surface area (Å²) in [5.74, 6) is 1.57. The highest BCUT2D eigenvalue weighted by Crippen LogP contribution is 2.23. The smallest absolute Gasteiger partial charge is 0.255 e. The van der Waals surface area contributed by atoms with E-state index in [9.17, 15) is 9.18 Å². The lowest BCUT2D eigenvalue weighted by Gasteiger charge is -2.33. The summed E-state index contributed by atoms with van der Waals surface area (Å²) in [5, 5.41) is 0. The van der Waals surface area contributed by atoms with Gasteiger partial charge in [-0.25, -0.2) is 4.39 Å². The van der Waals surface area contributed by atoms with Crippen molar-refractivity contribution in [2.45, 2.75) is 13.0 Å². The summed E-state index contributed by atoms with van der Waals surface area (Å²) >= 11 is 5.10. The Hall–Kier alpha value is -0.550. The Labute approximate surface area is 113 Å². The highest BCUT2D eigenvalue weighted by atomic mass is 79.9. The molecule has 2 rings (SSSR count). The predicted molar refractivity (Wildman–Crippen MR) is 71.9 cm³/mol. The molecular weight excluding hydrogens is 305 g/mol. The molecule has 0 aliphatic carbocycles. The van der Waals surface area contributed by atoms with E-state index in [4.69, 9.17) is 0 Å². The number of rotatable bonds is 1. The topological polar surface area (TPSA) is 20.3 Å². The van der Waals surface area contributed by atoms with Crippen LogP contribution in [0.5, 0.6) is 0 Å². The minimum absolute atomic E-state index is 0.0234. The van der Waals surface area contributed by atoms with Gasteiger partial charge in [-0.05, 0) is 41.1 Å². The van der Waals surface area contributed by atoms with E-state index < -0.39 is 0 Å². The Kier molecular flexibility index (Phi) is 4.09. The standard InChI is InChI=1S/C12H13BrFNOS/c1-8-7-17-5-4-15(8)12(16)10-3-2-9(14)6-11(10)13/h2-3,6,8H,4-5,7H2,1H3. The summed E-state index contributed by atoms with van der Waals surface area (Å²) in [6, 6.07) is 4.42. The van der Waals surface area contributed by atoms with Gasteiger partial charge in [0.2, 0.25) is 0 Å². The summed E-state index contributed by atoms with van der Waals surface area (Å²) in [5.41, 5.74) is 0.533. The number of nitrogens with zero attached hydrogens (tertiary/aromatic N) is 1. The second-order valence-electron chi connectivity index (χ2n) is 4.05. The van der Waals surface area contributed by atoms with Gasteiger partial charge in [-0.15, -0.1) is 0 Å². The Morgan fingerprint density at radius 3 is 3.00 bits per heavy atom. The third-order valence-electron chi connectivity index (χ3n) is 2.79. The molecule has 2 nitrogen and oxygen atoms in total. The predicted octanol–water partition coefficient (Wildman–Crippen LogP) is 3.17. The second-order valence-corrected chi connectivity index (χ2v) is 6.05. The van der Waals surface area contributed by atoms with Crippen molar-refractivity contribution in [1.82, 2.24) is 4.90 Å². The molecule has 1 aromatic rings. The fourth-order valence-corrected chi connectivity index (χ4v) is 3.38. The van der Waals surface area contributed by atoms with Crippen molar-refractivity contribution in [3.05, 3.63) is 34.1 Å².